The van der Waals surface area contributed by atoms with Crippen LogP contribution in [0.3, 0.4) is 0 Å². The number of hydrogen-bond acceptors (Lipinski definition) is 3. The Bertz CT molecular complexity index is 639. The molecule has 2 aromatic carbocycles. The van der Waals surface area contributed by atoms with E-state index in [2.05, 4.69) is 28.4 Å². The van der Waals surface area contributed by atoms with Gasteiger partial charge in [-0.2, -0.15) is 0 Å². The lowest BCUT2D eigenvalue weighted by atomic mass is 10.0. The zero-order valence-corrected chi connectivity index (χ0v) is 14.2. The van der Waals surface area contributed by atoms with Crippen molar-refractivity contribution in [2.45, 2.75) is 25.4 Å². The van der Waals surface area contributed by atoms with Crippen molar-refractivity contribution in [1.29, 1.82) is 0 Å². The first kappa shape index (κ1) is 16.2. The van der Waals surface area contributed by atoms with E-state index in [4.69, 9.17) is 16.3 Å². The van der Waals surface area contributed by atoms with Crippen LogP contribution in [0.2, 0.25) is 5.02 Å². The highest BCUT2D eigenvalue weighted by Crippen LogP contribution is 2.23. The van der Waals surface area contributed by atoms with E-state index in [0.717, 1.165) is 48.9 Å². The van der Waals surface area contributed by atoms with E-state index in [1.54, 1.807) is 7.11 Å². The number of ether oxygens (including phenoxy) is 1. The van der Waals surface area contributed by atoms with Gasteiger partial charge in [0.15, 0.2) is 0 Å². The van der Waals surface area contributed by atoms with Gasteiger partial charge in [-0.1, -0.05) is 35.9 Å². The smallest absolute Gasteiger partial charge is 0.123 e. The van der Waals surface area contributed by atoms with Gasteiger partial charge < -0.3 is 10.1 Å². The Kier molecular flexibility index (Phi) is 5.42. The standard InChI is InChI=1S/C19H23ClN2O/c1-23-19-8-3-2-5-15(19)14-22-11-9-17(10-12-22)21-18-7-4-6-16(20)13-18/h2-8,13,17,21H,9-12,14H2,1H3. The zero-order chi connectivity index (χ0) is 16.1. The number of anilines is 1. The fourth-order valence-electron chi connectivity index (χ4n) is 3.12. The Morgan fingerprint density at radius 2 is 1.91 bits per heavy atom. The first-order chi connectivity index (χ1) is 11.2. The van der Waals surface area contributed by atoms with Crippen molar-refractivity contribution < 1.29 is 4.74 Å². The number of methoxy groups -OCH3 is 1. The quantitative estimate of drug-likeness (QED) is 0.878. The number of rotatable bonds is 5. The van der Waals surface area contributed by atoms with Crippen LogP contribution >= 0.6 is 11.6 Å². The van der Waals surface area contributed by atoms with Crippen LogP contribution < -0.4 is 10.1 Å². The van der Waals surface area contributed by atoms with Crippen LogP contribution in [-0.2, 0) is 6.54 Å². The first-order valence-electron chi connectivity index (χ1n) is 8.11. The molecule has 1 saturated heterocycles. The van der Waals surface area contributed by atoms with Crippen LogP contribution in [0.25, 0.3) is 0 Å². The largest absolute Gasteiger partial charge is 0.496 e. The van der Waals surface area contributed by atoms with Gasteiger partial charge in [-0.15, -0.1) is 0 Å². The maximum absolute atomic E-state index is 6.04. The van der Waals surface area contributed by atoms with Gasteiger partial charge in [0.1, 0.15) is 5.75 Å². The van der Waals surface area contributed by atoms with Crippen molar-refractivity contribution in [1.82, 2.24) is 4.90 Å². The fraction of sp³-hybridized carbons (Fsp3) is 0.368. The maximum atomic E-state index is 6.04. The van der Waals surface area contributed by atoms with E-state index >= 15 is 0 Å². The molecule has 23 heavy (non-hydrogen) atoms. The van der Waals surface area contributed by atoms with Crippen molar-refractivity contribution >= 4 is 17.3 Å². The SMILES string of the molecule is COc1ccccc1CN1CCC(Nc2cccc(Cl)c2)CC1. The summed E-state index contributed by atoms with van der Waals surface area (Å²) in [6.07, 6.45) is 2.28. The molecule has 1 fully saturated rings. The molecule has 0 aliphatic carbocycles. The Labute approximate surface area is 143 Å². The predicted octanol–water partition coefficient (Wildman–Crippen LogP) is 4.43. The monoisotopic (exact) mass is 330 g/mol. The van der Waals surface area contributed by atoms with E-state index in [0.29, 0.717) is 6.04 Å². The summed E-state index contributed by atoms with van der Waals surface area (Å²) in [7, 11) is 1.74. The zero-order valence-electron chi connectivity index (χ0n) is 13.5. The molecule has 0 spiro atoms. The third kappa shape index (κ3) is 4.40. The number of hydrogen-bond donors (Lipinski definition) is 1. The van der Waals surface area contributed by atoms with Crippen molar-refractivity contribution in [3.63, 3.8) is 0 Å². The number of halogens is 1. The summed E-state index contributed by atoms with van der Waals surface area (Å²) in [5.74, 6) is 0.978. The molecule has 122 valence electrons. The average molecular weight is 331 g/mol. The molecule has 0 saturated carbocycles. The van der Waals surface area contributed by atoms with Crippen molar-refractivity contribution in [2.24, 2.45) is 0 Å². The molecule has 0 atom stereocenters. The number of para-hydroxylation sites is 1. The Balaban J connectivity index is 1.52. The number of nitrogens with zero attached hydrogens (tertiary/aromatic N) is 1. The molecular weight excluding hydrogens is 308 g/mol. The number of nitrogens with one attached hydrogen (secondary N) is 1. The molecule has 0 bridgehead atoms. The molecule has 0 amide bonds. The van der Waals surface area contributed by atoms with Gasteiger partial charge in [0.2, 0.25) is 0 Å². The van der Waals surface area contributed by atoms with Crippen LogP contribution in [0, 0.1) is 0 Å². The van der Waals surface area contributed by atoms with Gasteiger partial charge in [-0.3, -0.25) is 4.90 Å². The molecule has 1 aliphatic heterocycles. The maximum Gasteiger partial charge on any atom is 0.123 e. The summed E-state index contributed by atoms with van der Waals surface area (Å²) in [5.41, 5.74) is 2.37. The second-order valence-electron chi connectivity index (χ2n) is 6.02. The predicted molar refractivity (Wildman–Crippen MR) is 96.4 cm³/mol. The molecular formula is C19H23ClN2O. The number of piperidine rings is 1. The van der Waals surface area contributed by atoms with E-state index in [-0.39, 0.29) is 0 Å². The lowest BCUT2D eigenvalue weighted by Crippen LogP contribution is -2.38. The highest BCUT2D eigenvalue weighted by Gasteiger charge is 2.20. The molecule has 3 nitrogen and oxygen atoms in total. The van der Waals surface area contributed by atoms with Crippen LogP contribution in [0.1, 0.15) is 18.4 Å². The van der Waals surface area contributed by atoms with Crippen LogP contribution in [-0.4, -0.2) is 31.1 Å². The molecule has 0 aromatic heterocycles. The van der Waals surface area contributed by atoms with E-state index < -0.39 is 0 Å². The number of benzene rings is 2. The van der Waals surface area contributed by atoms with Gasteiger partial charge in [-0.05, 0) is 37.1 Å². The van der Waals surface area contributed by atoms with Crippen LogP contribution in [0.4, 0.5) is 5.69 Å². The summed E-state index contributed by atoms with van der Waals surface area (Å²) in [6.45, 7) is 3.14. The topological polar surface area (TPSA) is 24.5 Å². The second kappa shape index (κ2) is 7.71. The van der Waals surface area contributed by atoms with E-state index in [1.165, 1.54) is 5.56 Å². The van der Waals surface area contributed by atoms with Crippen molar-refractivity contribution in [3.05, 3.63) is 59.1 Å². The normalized spacial score (nSPS) is 16.3. The molecule has 0 unspecified atom stereocenters. The van der Waals surface area contributed by atoms with E-state index in [9.17, 15) is 0 Å². The molecule has 0 radical (unpaired) electrons. The molecule has 2 aromatic rings. The Morgan fingerprint density at radius 3 is 2.65 bits per heavy atom. The third-order valence-electron chi connectivity index (χ3n) is 4.37. The fourth-order valence-corrected chi connectivity index (χ4v) is 3.31. The van der Waals surface area contributed by atoms with E-state index in [1.807, 2.05) is 30.3 Å². The minimum absolute atomic E-state index is 0.516. The highest BCUT2D eigenvalue weighted by atomic mass is 35.5. The van der Waals surface area contributed by atoms with Crippen molar-refractivity contribution in [2.75, 3.05) is 25.5 Å². The van der Waals surface area contributed by atoms with Gasteiger partial charge in [0.05, 0.1) is 7.11 Å². The first-order valence-corrected chi connectivity index (χ1v) is 8.49. The van der Waals surface area contributed by atoms with Crippen LogP contribution in [0.15, 0.2) is 48.5 Å². The van der Waals surface area contributed by atoms with Crippen molar-refractivity contribution in [3.8, 4) is 5.75 Å². The average Bonchev–Trinajstić information content (AvgIpc) is 2.57. The summed E-state index contributed by atoms with van der Waals surface area (Å²) in [4.78, 5) is 2.49. The molecule has 3 rings (SSSR count). The Morgan fingerprint density at radius 1 is 1.13 bits per heavy atom. The summed E-state index contributed by atoms with van der Waals surface area (Å²) in [6, 6.07) is 16.7. The minimum Gasteiger partial charge on any atom is -0.496 e. The third-order valence-corrected chi connectivity index (χ3v) is 4.60. The van der Waals surface area contributed by atoms with Gasteiger partial charge in [0, 0.05) is 41.9 Å². The van der Waals surface area contributed by atoms with Gasteiger partial charge in [-0.25, -0.2) is 0 Å². The minimum atomic E-state index is 0.516. The summed E-state index contributed by atoms with van der Waals surface area (Å²) >= 11 is 6.04. The summed E-state index contributed by atoms with van der Waals surface area (Å²) in [5, 5.41) is 4.37. The van der Waals surface area contributed by atoms with Crippen LogP contribution in [0.5, 0.6) is 5.75 Å². The van der Waals surface area contributed by atoms with Gasteiger partial charge >= 0.3 is 0 Å². The molecule has 1 heterocycles. The molecule has 1 N–H and O–H groups in total. The lowest BCUT2D eigenvalue weighted by Gasteiger charge is -2.33. The lowest BCUT2D eigenvalue weighted by molar-refractivity contribution is 0.209. The van der Waals surface area contributed by atoms with Gasteiger partial charge in [0.25, 0.3) is 0 Å². The second-order valence-corrected chi connectivity index (χ2v) is 6.45. The Hall–Kier alpha value is -1.71. The summed E-state index contributed by atoms with van der Waals surface area (Å²) < 4.78 is 5.45. The molecule has 4 heteroatoms. The molecule has 1 aliphatic rings. The number of likely N-dealkylation sites (tertiary alicyclic amines) is 1. The highest BCUT2D eigenvalue weighted by molar-refractivity contribution is 6.30.